The number of hydrogen-bond donors (Lipinski definition) is 3. The molecule has 2 saturated heterocycles. The van der Waals surface area contributed by atoms with Crippen LogP contribution in [0.4, 0.5) is 4.39 Å². The van der Waals surface area contributed by atoms with E-state index in [1.807, 2.05) is 52.7 Å². The van der Waals surface area contributed by atoms with Crippen LogP contribution >= 0.6 is 22.7 Å². The third-order valence-electron chi connectivity index (χ3n) is 9.68. The number of phenols is 1. The third kappa shape index (κ3) is 6.73. The molecule has 2 fully saturated rings. The fraction of sp³-hybridized carbons (Fsp3) is 0.389. The number of morpholine rings is 1. The van der Waals surface area contributed by atoms with Crippen molar-refractivity contribution < 1.29 is 24.1 Å². The van der Waals surface area contributed by atoms with Gasteiger partial charge < -0.3 is 24.8 Å². The molecule has 3 N–H and O–H groups in total. The van der Waals surface area contributed by atoms with Crippen molar-refractivity contribution in [2.24, 2.45) is 0 Å². The number of rotatable bonds is 9. The predicted molar refractivity (Wildman–Crippen MR) is 184 cm³/mol. The minimum atomic E-state index is -0.781. The number of thiazole rings is 1. The summed E-state index contributed by atoms with van der Waals surface area (Å²) >= 11 is 2.65. The normalized spacial score (nSPS) is 17.5. The Morgan fingerprint density at radius 2 is 1.89 bits per heavy atom. The number of piperidine rings is 1. The van der Waals surface area contributed by atoms with Gasteiger partial charge in [0, 0.05) is 47.6 Å². The zero-order valence-corrected chi connectivity index (χ0v) is 27.7. The van der Waals surface area contributed by atoms with Crippen LogP contribution in [0.5, 0.6) is 5.75 Å². The molecule has 7 rings (SSSR count). The van der Waals surface area contributed by atoms with Gasteiger partial charge in [-0.2, -0.15) is 0 Å². The number of nitrogens with one attached hydrogen (secondary N) is 1. The molecular weight excluding hydrogens is 638 g/mol. The van der Waals surface area contributed by atoms with E-state index in [2.05, 4.69) is 9.88 Å². The van der Waals surface area contributed by atoms with Crippen LogP contribution in [-0.2, 0) is 17.7 Å². The molecule has 5 aromatic rings. The van der Waals surface area contributed by atoms with Gasteiger partial charge in [0.05, 0.1) is 29.6 Å². The van der Waals surface area contributed by atoms with Crippen LogP contribution in [0, 0.1) is 5.82 Å². The van der Waals surface area contributed by atoms with E-state index in [0.29, 0.717) is 84.4 Å². The number of aromatic hydroxyl groups is 1. The number of halogens is 1. The molecule has 47 heavy (non-hydrogen) atoms. The van der Waals surface area contributed by atoms with E-state index < -0.39 is 6.10 Å². The van der Waals surface area contributed by atoms with Gasteiger partial charge in [-0.15, -0.1) is 11.3 Å². The molecule has 11 heteroatoms. The van der Waals surface area contributed by atoms with Gasteiger partial charge in [0.25, 0.3) is 5.91 Å². The average molecular weight is 676 g/mol. The molecule has 1 atom stereocenters. The molecule has 0 aliphatic carbocycles. The summed E-state index contributed by atoms with van der Waals surface area (Å²) in [6, 6.07) is 16.7. The highest BCUT2D eigenvalue weighted by molar-refractivity contribution is 7.17. The Balaban J connectivity index is 0.908. The fourth-order valence-electron chi connectivity index (χ4n) is 7.02. The summed E-state index contributed by atoms with van der Waals surface area (Å²) in [4.78, 5) is 31.8. The van der Waals surface area contributed by atoms with Crippen molar-refractivity contribution in [3.63, 3.8) is 0 Å². The lowest BCUT2D eigenvalue weighted by atomic mass is 9.88. The maximum atomic E-state index is 15.6. The highest BCUT2D eigenvalue weighted by Gasteiger charge is 2.41. The van der Waals surface area contributed by atoms with Crippen molar-refractivity contribution in [3.05, 3.63) is 97.7 Å². The maximum Gasteiger partial charge on any atom is 0.305 e. The molecular formula is C36H38FN3O5S2. The number of aryl methyl sites for hydroxylation is 1. The molecule has 0 saturated carbocycles. The summed E-state index contributed by atoms with van der Waals surface area (Å²) in [5.74, 6) is -0.134. The van der Waals surface area contributed by atoms with Gasteiger partial charge in [0.2, 0.25) is 0 Å². The first-order chi connectivity index (χ1) is 22.8. The van der Waals surface area contributed by atoms with E-state index in [1.165, 1.54) is 10.8 Å². The molecule has 8 nitrogen and oxygen atoms in total. The van der Waals surface area contributed by atoms with E-state index in [-0.39, 0.29) is 27.9 Å². The zero-order chi connectivity index (χ0) is 32.5. The second-order valence-electron chi connectivity index (χ2n) is 12.8. The number of aliphatic hydroxyl groups is 1. The maximum absolute atomic E-state index is 15.6. The molecule has 2 aliphatic heterocycles. The van der Waals surface area contributed by atoms with Crippen molar-refractivity contribution in [2.75, 3.05) is 32.8 Å². The number of hydrogen-bond acceptors (Lipinski definition) is 8. The summed E-state index contributed by atoms with van der Waals surface area (Å²) in [6.07, 6.45) is 3.22. The number of H-pyrrole nitrogens is 1. The molecule has 1 amide bonds. The fourth-order valence-corrected chi connectivity index (χ4v) is 8.71. The Morgan fingerprint density at radius 1 is 1.06 bits per heavy atom. The molecule has 0 unspecified atom stereocenters. The van der Waals surface area contributed by atoms with Gasteiger partial charge in [-0.1, -0.05) is 42.0 Å². The van der Waals surface area contributed by atoms with Crippen molar-refractivity contribution in [1.29, 1.82) is 0 Å². The van der Waals surface area contributed by atoms with Crippen molar-refractivity contribution in [3.8, 4) is 5.75 Å². The predicted octanol–water partition coefficient (Wildman–Crippen LogP) is 6.60. The monoisotopic (exact) mass is 675 g/mol. The molecule has 246 valence electrons. The average Bonchev–Trinajstić information content (AvgIpc) is 3.72. The Morgan fingerprint density at radius 3 is 2.74 bits per heavy atom. The Labute approximate surface area is 280 Å². The number of thiophene rings is 1. The van der Waals surface area contributed by atoms with Crippen LogP contribution in [0.15, 0.2) is 64.8 Å². The largest absolute Gasteiger partial charge is 0.506 e. The Bertz CT molecular complexity index is 1960. The number of amides is 1. The second-order valence-corrected chi connectivity index (χ2v) is 14.7. The number of aromatic nitrogens is 1. The minimum absolute atomic E-state index is 0.0159. The number of likely N-dealkylation sites (tertiary alicyclic amines) is 1. The van der Waals surface area contributed by atoms with Crippen LogP contribution in [0.1, 0.15) is 65.3 Å². The lowest BCUT2D eigenvalue weighted by molar-refractivity contribution is -0.128. The van der Waals surface area contributed by atoms with Gasteiger partial charge in [-0.3, -0.25) is 14.5 Å². The zero-order valence-electron chi connectivity index (χ0n) is 26.0. The number of fused-ring (bicyclic) bond motifs is 2. The minimum Gasteiger partial charge on any atom is -0.506 e. The molecule has 2 aliphatic rings. The van der Waals surface area contributed by atoms with Crippen molar-refractivity contribution in [2.45, 2.75) is 56.8 Å². The molecule has 4 heterocycles. The lowest BCUT2D eigenvalue weighted by Gasteiger charge is -2.47. The van der Waals surface area contributed by atoms with Crippen LogP contribution in [0.25, 0.3) is 20.3 Å². The van der Waals surface area contributed by atoms with Gasteiger partial charge >= 0.3 is 4.87 Å². The summed E-state index contributed by atoms with van der Waals surface area (Å²) in [5, 5.41) is 24.0. The molecule has 0 radical (unpaired) electrons. The number of unbranched alkanes of at least 4 members (excludes halogenated alkanes) is 1. The quantitative estimate of drug-likeness (QED) is 0.152. The Kier molecular flexibility index (Phi) is 9.17. The number of ether oxygens (including phenoxy) is 1. The molecule has 2 aromatic heterocycles. The first-order valence-corrected chi connectivity index (χ1v) is 17.9. The summed E-state index contributed by atoms with van der Waals surface area (Å²) in [7, 11) is 0. The molecule has 1 spiro atoms. The highest BCUT2D eigenvalue weighted by atomic mass is 32.1. The van der Waals surface area contributed by atoms with E-state index in [9.17, 15) is 19.8 Å². The standard InChI is InChI=1S/C36H38FN3O5S2/c37-31-23(4-1-2-7-28(41)27-9-10-29(42)32-33(27)47-35(44)38-32)5-3-6-26(31)21-39-15-13-36(14-16-39)22-40(17-18-45-36)34(43)25-8-11-30-24(20-25)12-19-46-30/h3,5-6,8-12,19-20,28,41-42H,1-2,4,7,13-18,21-22H2,(H,38,44)/t28-/m0/s1. The number of phenolic OH excluding ortho intramolecular Hbond substituents is 1. The number of aliphatic hydroxyl groups excluding tert-OH is 1. The van der Waals surface area contributed by atoms with E-state index in [0.717, 1.165) is 42.7 Å². The van der Waals surface area contributed by atoms with Crippen LogP contribution in [-0.4, -0.2) is 69.3 Å². The number of benzene rings is 3. The van der Waals surface area contributed by atoms with Gasteiger partial charge in [-0.25, -0.2) is 4.39 Å². The molecule has 3 aromatic carbocycles. The van der Waals surface area contributed by atoms with Crippen molar-refractivity contribution in [1.82, 2.24) is 14.8 Å². The smallest absolute Gasteiger partial charge is 0.305 e. The first-order valence-electron chi connectivity index (χ1n) is 16.2. The Hall–Kier alpha value is -3.61. The number of carbonyl (C=O) groups excluding carboxylic acids is 1. The van der Waals surface area contributed by atoms with Crippen LogP contribution < -0.4 is 4.87 Å². The third-order valence-corrected chi connectivity index (χ3v) is 11.5. The van der Waals surface area contributed by atoms with Crippen molar-refractivity contribution >= 4 is 48.9 Å². The number of aromatic amines is 1. The summed E-state index contributed by atoms with van der Waals surface area (Å²) in [5.41, 5.74) is 2.67. The summed E-state index contributed by atoms with van der Waals surface area (Å²) in [6.45, 7) is 3.74. The van der Waals surface area contributed by atoms with E-state index in [4.69, 9.17) is 4.74 Å². The first kappa shape index (κ1) is 32.0. The second kappa shape index (κ2) is 13.5. The highest BCUT2D eigenvalue weighted by Crippen LogP contribution is 2.34. The van der Waals surface area contributed by atoms with Crippen LogP contribution in [0.3, 0.4) is 0 Å². The lowest BCUT2D eigenvalue weighted by Crippen LogP contribution is -2.57. The number of carbonyl (C=O) groups is 1. The van der Waals surface area contributed by atoms with Gasteiger partial charge in [0.15, 0.2) is 0 Å². The SMILES string of the molecule is O=C(c1ccc2sccc2c1)N1CCOC2(CCN(Cc3cccc(CCCC[C@H](O)c4ccc(O)c5[nH]c(=O)sc45)c3F)CC2)C1. The van der Waals surface area contributed by atoms with Crippen LogP contribution in [0.2, 0.25) is 0 Å². The number of nitrogens with zero attached hydrogens (tertiary/aromatic N) is 2. The van der Waals surface area contributed by atoms with E-state index in [1.54, 1.807) is 17.4 Å². The van der Waals surface area contributed by atoms with Gasteiger partial charge in [0.1, 0.15) is 17.1 Å². The molecule has 0 bridgehead atoms. The van der Waals surface area contributed by atoms with Gasteiger partial charge in [-0.05, 0) is 78.8 Å². The summed E-state index contributed by atoms with van der Waals surface area (Å²) < 4.78 is 23.7. The van der Waals surface area contributed by atoms with E-state index >= 15 is 4.39 Å². The topological polar surface area (TPSA) is 106 Å².